The van der Waals surface area contributed by atoms with E-state index in [1.165, 1.54) is 7.11 Å². The van der Waals surface area contributed by atoms with Gasteiger partial charge in [-0.15, -0.1) is 0 Å². The number of carbonyl (C=O) groups excluding carboxylic acids is 1. The van der Waals surface area contributed by atoms with Crippen LogP contribution in [0.4, 0.5) is 0 Å². The van der Waals surface area contributed by atoms with Gasteiger partial charge in [0.15, 0.2) is 6.29 Å². The number of rotatable bonds is 9. The zero-order valence-corrected chi connectivity index (χ0v) is 19.5. The molecular formula is C25H36O7. The molecule has 32 heavy (non-hydrogen) atoms. The minimum atomic E-state index is -0.298. The molecule has 7 nitrogen and oxygen atoms in total. The van der Waals surface area contributed by atoms with Crippen LogP contribution in [0.3, 0.4) is 0 Å². The van der Waals surface area contributed by atoms with Crippen molar-refractivity contribution >= 4 is 5.97 Å². The topological polar surface area (TPSA) is 72.5 Å². The molecule has 3 aliphatic rings. The third-order valence-electron chi connectivity index (χ3n) is 8.03. The SMILES string of the molecule is COCO[C@@H]1C[C@@H]2[C@H](C(=O)OC)C[C@H]3O[C@H](OC)C[C@@H]([C@H]1C)[C@@]23COCc1ccccc1. The Bertz CT molecular complexity index is 756. The van der Waals surface area contributed by atoms with Crippen LogP contribution in [0.1, 0.15) is 31.7 Å². The molecule has 1 aliphatic heterocycles. The molecule has 2 saturated carbocycles. The highest BCUT2D eigenvalue weighted by Crippen LogP contribution is 2.64. The first kappa shape index (κ1) is 23.6. The lowest BCUT2D eigenvalue weighted by Gasteiger charge is -2.57. The summed E-state index contributed by atoms with van der Waals surface area (Å²) in [6.07, 6.45) is 1.70. The van der Waals surface area contributed by atoms with Crippen LogP contribution in [0.5, 0.6) is 0 Å². The summed E-state index contributed by atoms with van der Waals surface area (Å²) in [6, 6.07) is 10.2. The third kappa shape index (κ3) is 4.21. The van der Waals surface area contributed by atoms with Gasteiger partial charge in [0.05, 0.1) is 38.4 Å². The zero-order chi connectivity index (χ0) is 22.7. The quantitative estimate of drug-likeness (QED) is 0.423. The first-order valence-corrected chi connectivity index (χ1v) is 11.5. The molecule has 7 heteroatoms. The predicted molar refractivity (Wildman–Crippen MR) is 116 cm³/mol. The van der Waals surface area contributed by atoms with Crippen LogP contribution in [0.25, 0.3) is 0 Å². The van der Waals surface area contributed by atoms with Crippen LogP contribution < -0.4 is 0 Å². The second-order valence-corrected chi connectivity index (χ2v) is 9.40. The molecule has 0 aromatic heterocycles. The summed E-state index contributed by atoms with van der Waals surface area (Å²) < 4.78 is 34.9. The Labute approximate surface area is 190 Å². The summed E-state index contributed by atoms with van der Waals surface area (Å²) in [5.41, 5.74) is 0.851. The van der Waals surface area contributed by atoms with Crippen molar-refractivity contribution in [3.63, 3.8) is 0 Å². The molecule has 1 aromatic rings. The van der Waals surface area contributed by atoms with Gasteiger partial charge in [-0.05, 0) is 36.2 Å². The highest BCUT2D eigenvalue weighted by atomic mass is 16.7. The highest BCUT2D eigenvalue weighted by molar-refractivity contribution is 5.73. The Balaban J connectivity index is 1.65. The molecule has 0 unspecified atom stereocenters. The Hall–Kier alpha value is -1.51. The van der Waals surface area contributed by atoms with E-state index in [-0.39, 0.29) is 60.3 Å². The predicted octanol–water partition coefficient (Wildman–Crippen LogP) is 3.41. The third-order valence-corrected chi connectivity index (χ3v) is 8.03. The zero-order valence-electron chi connectivity index (χ0n) is 19.5. The molecule has 1 saturated heterocycles. The maximum Gasteiger partial charge on any atom is 0.309 e. The second-order valence-electron chi connectivity index (χ2n) is 9.40. The summed E-state index contributed by atoms with van der Waals surface area (Å²) in [6.45, 7) is 3.54. The van der Waals surface area contributed by atoms with Gasteiger partial charge in [0, 0.05) is 26.1 Å². The molecule has 4 rings (SSSR count). The molecule has 1 aromatic carbocycles. The van der Waals surface area contributed by atoms with Gasteiger partial charge in [0.25, 0.3) is 0 Å². The van der Waals surface area contributed by atoms with Gasteiger partial charge in [0.2, 0.25) is 0 Å². The van der Waals surface area contributed by atoms with E-state index in [4.69, 9.17) is 28.4 Å². The van der Waals surface area contributed by atoms with Gasteiger partial charge in [-0.2, -0.15) is 0 Å². The Kier molecular flexibility index (Phi) is 7.52. The van der Waals surface area contributed by atoms with Crippen molar-refractivity contribution in [2.24, 2.45) is 29.1 Å². The molecule has 0 bridgehead atoms. The molecule has 0 N–H and O–H groups in total. The largest absolute Gasteiger partial charge is 0.469 e. The minimum Gasteiger partial charge on any atom is -0.469 e. The van der Waals surface area contributed by atoms with Gasteiger partial charge in [-0.25, -0.2) is 0 Å². The van der Waals surface area contributed by atoms with E-state index in [1.54, 1.807) is 14.2 Å². The number of ether oxygens (including phenoxy) is 6. The van der Waals surface area contributed by atoms with E-state index in [1.807, 2.05) is 18.2 Å². The summed E-state index contributed by atoms with van der Waals surface area (Å²) in [4.78, 5) is 12.8. The lowest BCUT2D eigenvalue weighted by atomic mass is 9.53. The molecule has 178 valence electrons. The van der Waals surface area contributed by atoms with Crippen LogP contribution in [-0.4, -0.2) is 59.2 Å². The summed E-state index contributed by atoms with van der Waals surface area (Å²) in [5.74, 6) is 0.115. The molecule has 3 fully saturated rings. The van der Waals surface area contributed by atoms with Crippen molar-refractivity contribution in [1.29, 1.82) is 0 Å². The van der Waals surface area contributed by atoms with E-state index < -0.39 is 0 Å². The molecule has 1 heterocycles. The normalized spacial score (nSPS) is 38.3. The van der Waals surface area contributed by atoms with Gasteiger partial charge < -0.3 is 28.4 Å². The summed E-state index contributed by atoms with van der Waals surface area (Å²) in [5, 5.41) is 0. The first-order chi connectivity index (χ1) is 15.5. The second kappa shape index (κ2) is 10.2. The van der Waals surface area contributed by atoms with Crippen molar-refractivity contribution < 1.29 is 33.2 Å². The smallest absolute Gasteiger partial charge is 0.309 e. The Morgan fingerprint density at radius 2 is 1.88 bits per heavy atom. The van der Waals surface area contributed by atoms with Crippen LogP contribution in [0.2, 0.25) is 0 Å². The average molecular weight is 449 g/mol. The number of carbonyl (C=O) groups is 1. The van der Waals surface area contributed by atoms with Crippen molar-refractivity contribution in [3.8, 4) is 0 Å². The van der Waals surface area contributed by atoms with Crippen molar-refractivity contribution in [2.45, 2.75) is 51.3 Å². The number of hydrogen-bond acceptors (Lipinski definition) is 7. The van der Waals surface area contributed by atoms with E-state index in [0.717, 1.165) is 18.4 Å². The van der Waals surface area contributed by atoms with E-state index in [9.17, 15) is 4.79 Å². The highest BCUT2D eigenvalue weighted by Gasteiger charge is 2.68. The fourth-order valence-corrected chi connectivity index (χ4v) is 6.57. The Morgan fingerprint density at radius 3 is 2.56 bits per heavy atom. The fourth-order valence-electron chi connectivity index (χ4n) is 6.57. The standard InChI is InChI=1S/C25H36O7/c1-16-19-12-23(28-3)32-22-10-18(24(26)29-4)20(11-21(16)31-15-27-2)25(19,22)14-30-13-17-8-6-5-7-9-17/h5-9,16,18-23H,10-15H2,1-4H3/t16-,18-,19+,20-,21-,22-,23+,25+/m1/s1. The number of hydrogen-bond donors (Lipinski definition) is 0. The van der Waals surface area contributed by atoms with Crippen LogP contribution in [0, 0.1) is 29.1 Å². The lowest BCUT2D eigenvalue weighted by Crippen LogP contribution is -2.61. The molecule has 8 atom stereocenters. The lowest BCUT2D eigenvalue weighted by molar-refractivity contribution is -0.281. The minimum absolute atomic E-state index is 0.00582. The van der Waals surface area contributed by atoms with Gasteiger partial charge in [-0.1, -0.05) is 37.3 Å². The molecule has 2 aliphatic carbocycles. The monoisotopic (exact) mass is 448 g/mol. The van der Waals surface area contributed by atoms with E-state index >= 15 is 0 Å². The van der Waals surface area contributed by atoms with E-state index in [2.05, 4.69) is 19.1 Å². The Morgan fingerprint density at radius 1 is 1.09 bits per heavy atom. The molecule has 0 spiro atoms. The maximum absolute atomic E-state index is 12.8. The van der Waals surface area contributed by atoms with Gasteiger partial charge in [0.1, 0.15) is 6.79 Å². The first-order valence-electron chi connectivity index (χ1n) is 11.5. The number of esters is 1. The van der Waals surface area contributed by atoms with Gasteiger partial charge in [-0.3, -0.25) is 4.79 Å². The summed E-state index contributed by atoms with van der Waals surface area (Å²) >= 11 is 0. The van der Waals surface area contributed by atoms with Crippen molar-refractivity contribution in [1.82, 2.24) is 0 Å². The number of methoxy groups -OCH3 is 3. The summed E-state index contributed by atoms with van der Waals surface area (Å²) in [7, 11) is 4.77. The number of benzene rings is 1. The molecule has 0 amide bonds. The fraction of sp³-hybridized carbons (Fsp3) is 0.720. The average Bonchev–Trinajstić information content (AvgIpc) is 3.14. The van der Waals surface area contributed by atoms with Crippen LogP contribution in [0.15, 0.2) is 30.3 Å². The van der Waals surface area contributed by atoms with Crippen molar-refractivity contribution in [2.75, 3.05) is 34.7 Å². The van der Waals surface area contributed by atoms with E-state index in [0.29, 0.717) is 19.6 Å². The van der Waals surface area contributed by atoms with Crippen LogP contribution >= 0.6 is 0 Å². The molecular weight excluding hydrogens is 412 g/mol. The molecule has 0 radical (unpaired) electrons. The maximum atomic E-state index is 12.8. The van der Waals surface area contributed by atoms with Gasteiger partial charge >= 0.3 is 5.97 Å². The van der Waals surface area contributed by atoms with Crippen molar-refractivity contribution in [3.05, 3.63) is 35.9 Å². The van der Waals surface area contributed by atoms with Crippen LogP contribution in [-0.2, 0) is 39.8 Å².